The molecular formula is C23H27FN4O2. The highest BCUT2D eigenvalue weighted by atomic mass is 19.1. The fraction of sp³-hybridized carbons (Fsp3) is 0.435. The Bertz CT molecular complexity index is 1090. The fourth-order valence-electron chi connectivity index (χ4n) is 4.10. The van der Waals surface area contributed by atoms with E-state index in [1.54, 1.807) is 0 Å². The van der Waals surface area contributed by atoms with Gasteiger partial charge in [0.05, 0.1) is 30.5 Å². The van der Waals surface area contributed by atoms with Crippen molar-refractivity contribution in [2.24, 2.45) is 0 Å². The summed E-state index contributed by atoms with van der Waals surface area (Å²) in [5.41, 5.74) is 5.18. The van der Waals surface area contributed by atoms with Crippen molar-refractivity contribution in [1.82, 2.24) is 15.0 Å². The number of rotatable bonds is 4. The molecule has 1 aromatic carbocycles. The molecule has 158 valence electrons. The molecule has 0 unspecified atom stereocenters. The number of benzene rings is 1. The van der Waals surface area contributed by atoms with Crippen LogP contribution in [-0.4, -0.2) is 45.4 Å². The van der Waals surface area contributed by atoms with E-state index in [2.05, 4.69) is 36.1 Å². The molecule has 0 amide bonds. The molecule has 0 spiro atoms. The third-order valence-corrected chi connectivity index (χ3v) is 5.76. The number of hydrogen-bond donors (Lipinski definition) is 2. The van der Waals surface area contributed by atoms with E-state index in [0.29, 0.717) is 30.5 Å². The number of nitrogens with one attached hydrogen (secondary N) is 1. The van der Waals surface area contributed by atoms with E-state index in [1.165, 1.54) is 11.8 Å². The van der Waals surface area contributed by atoms with E-state index in [1.807, 2.05) is 25.1 Å². The zero-order valence-corrected chi connectivity index (χ0v) is 17.7. The van der Waals surface area contributed by atoms with Crippen molar-refractivity contribution in [3.8, 4) is 11.3 Å². The van der Waals surface area contributed by atoms with Gasteiger partial charge in [0.1, 0.15) is 5.69 Å². The first kappa shape index (κ1) is 20.6. The summed E-state index contributed by atoms with van der Waals surface area (Å²) < 4.78 is 19.9. The Morgan fingerprint density at radius 1 is 1.23 bits per heavy atom. The lowest BCUT2D eigenvalue weighted by molar-refractivity contribution is -0.0136. The monoisotopic (exact) mass is 410 g/mol. The molecule has 2 aromatic heterocycles. The number of aromatic nitrogens is 3. The minimum Gasteiger partial charge on any atom is -0.389 e. The number of halogens is 1. The van der Waals surface area contributed by atoms with E-state index in [0.717, 1.165) is 22.2 Å². The molecule has 2 N–H and O–H groups in total. The van der Waals surface area contributed by atoms with Crippen LogP contribution in [0.3, 0.4) is 0 Å². The number of aliphatic hydroxyl groups is 1. The van der Waals surface area contributed by atoms with Gasteiger partial charge in [-0.1, -0.05) is 19.9 Å². The van der Waals surface area contributed by atoms with Gasteiger partial charge in [0.2, 0.25) is 5.95 Å². The van der Waals surface area contributed by atoms with Crippen LogP contribution < -0.4 is 5.32 Å². The molecule has 1 saturated heterocycles. The number of pyridine rings is 1. The minimum absolute atomic E-state index is 0.226. The maximum absolute atomic E-state index is 14.7. The fourth-order valence-corrected chi connectivity index (χ4v) is 4.10. The molecule has 30 heavy (non-hydrogen) atoms. The summed E-state index contributed by atoms with van der Waals surface area (Å²) >= 11 is 0. The van der Waals surface area contributed by atoms with Crippen LogP contribution in [0.1, 0.15) is 43.0 Å². The smallest absolute Gasteiger partial charge is 0.223 e. The molecule has 3 heterocycles. The second kappa shape index (κ2) is 8.24. The normalized spacial score (nSPS) is 19.4. The van der Waals surface area contributed by atoms with Crippen LogP contribution >= 0.6 is 0 Å². The molecule has 4 rings (SSSR count). The molecule has 3 aromatic rings. The summed E-state index contributed by atoms with van der Waals surface area (Å²) in [6, 6.07) is 5.49. The predicted molar refractivity (Wildman–Crippen MR) is 115 cm³/mol. The van der Waals surface area contributed by atoms with Gasteiger partial charge >= 0.3 is 0 Å². The van der Waals surface area contributed by atoms with Crippen LogP contribution in [0, 0.1) is 19.7 Å². The van der Waals surface area contributed by atoms with Gasteiger partial charge in [0.25, 0.3) is 0 Å². The van der Waals surface area contributed by atoms with Crippen LogP contribution in [0.5, 0.6) is 0 Å². The molecule has 0 saturated carbocycles. The van der Waals surface area contributed by atoms with Gasteiger partial charge in [-0.15, -0.1) is 0 Å². The van der Waals surface area contributed by atoms with Crippen LogP contribution in [0.4, 0.5) is 10.3 Å². The first-order valence-electron chi connectivity index (χ1n) is 10.3. The molecule has 7 heteroatoms. The second-order valence-corrected chi connectivity index (χ2v) is 8.19. The summed E-state index contributed by atoms with van der Waals surface area (Å²) in [4.78, 5) is 13.2. The lowest BCUT2D eigenvalue weighted by atomic mass is 9.92. The SMILES string of the molecule is Cc1nc2ccc(-c3nc(N[C@@H]4CCOC[C@H]4O)ncc3F)cc2c(C(C)C)c1C. The summed E-state index contributed by atoms with van der Waals surface area (Å²) in [6.45, 7) is 9.22. The number of hydrogen-bond acceptors (Lipinski definition) is 6. The van der Waals surface area contributed by atoms with Gasteiger partial charge in [-0.25, -0.2) is 14.4 Å². The number of fused-ring (bicyclic) bond motifs is 1. The first-order chi connectivity index (χ1) is 14.3. The van der Waals surface area contributed by atoms with Crippen LogP contribution in [0.2, 0.25) is 0 Å². The molecular weight excluding hydrogens is 383 g/mol. The third kappa shape index (κ3) is 3.87. The van der Waals surface area contributed by atoms with Crippen molar-refractivity contribution >= 4 is 16.9 Å². The Hall–Kier alpha value is -2.64. The topological polar surface area (TPSA) is 80.2 Å². The number of nitrogens with zero attached hydrogens (tertiary/aromatic N) is 3. The van der Waals surface area contributed by atoms with Gasteiger partial charge in [0.15, 0.2) is 5.82 Å². The zero-order valence-electron chi connectivity index (χ0n) is 17.7. The molecule has 1 fully saturated rings. The van der Waals surface area contributed by atoms with Crippen molar-refractivity contribution in [2.75, 3.05) is 18.5 Å². The highest BCUT2D eigenvalue weighted by Gasteiger charge is 2.24. The van der Waals surface area contributed by atoms with Crippen LogP contribution in [0.15, 0.2) is 24.4 Å². The molecule has 0 bridgehead atoms. The molecule has 6 nitrogen and oxygen atoms in total. The quantitative estimate of drug-likeness (QED) is 0.673. The number of aryl methyl sites for hydroxylation is 1. The standard InChI is InChI=1S/C23H27FN4O2/c1-12(2)21-13(3)14(4)26-18-6-5-15(9-16(18)21)22-17(24)10-25-23(28-22)27-19-7-8-30-11-20(19)29/h5-6,9-10,12,19-20,29H,7-8,11H2,1-4H3,(H,25,27,28)/t19-,20-/m1/s1. The van der Waals surface area contributed by atoms with Crippen molar-refractivity contribution in [1.29, 1.82) is 0 Å². The molecule has 0 aliphatic carbocycles. The highest BCUT2D eigenvalue weighted by molar-refractivity contribution is 5.88. The Morgan fingerprint density at radius 3 is 2.77 bits per heavy atom. The van der Waals surface area contributed by atoms with Gasteiger partial charge in [0, 0.05) is 23.3 Å². The van der Waals surface area contributed by atoms with E-state index in [-0.39, 0.29) is 18.3 Å². The van der Waals surface area contributed by atoms with Gasteiger partial charge in [-0.05, 0) is 49.4 Å². The van der Waals surface area contributed by atoms with E-state index in [4.69, 9.17) is 9.72 Å². The number of ether oxygens (including phenoxy) is 1. The van der Waals surface area contributed by atoms with Crippen LogP contribution in [0.25, 0.3) is 22.2 Å². The number of anilines is 1. The van der Waals surface area contributed by atoms with E-state index >= 15 is 0 Å². The largest absolute Gasteiger partial charge is 0.389 e. The molecule has 1 aliphatic rings. The van der Waals surface area contributed by atoms with Gasteiger partial charge < -0.3 is 15.2 Å². The van der Waals surface area contributed by atoms with Crippen molar-refractivity contribution < 1.29 is 14.2 Å². The molecule has 0 radical (unpaired) electrons. The lowest BCUT2D eigenvalue weighted by Gasteiger charge is -2.28. The second-order valence-electron chi connectivity index (χ2n) is 8.19. The summed E-state index contributed by atoms with van der Waals surface area (Å²) in [5.74, 6) is 0.113. The average Bonchev–Trinajstić information content (AvgIpc) is 2.71. The Kier molecular flexibility index (Phi) is 5.66. The lowest BCUT2D eigenvalue weighted by Crippen LogP contribution is -2.42. The number of aliphatic hydroxyl groups excluding tert-OH is 1. The van der Waals surface area contributed by atoms with Crippen LogP contribution in [-0.2, 0) is 4.74 Å². The highest BCUT2D eigenvalue weighted by Crippen LogP contribution is 2.33. The Balaban J connectivity index is 1.76. The zero-order chi connectivity index (χ0) is 21.4. The Labute approximate surface area is 175 Å². The maximum Gasteiger partial charge on any atom is 0.223 e. The van der Waals surface area contributed by atoms with E-state index < -0.39 is 11.9 Å². The Morgan fingerprint density at radius 2 is 2.03 bits per heavy atom. The minimum atomic E-state index is -0.651. The third-order valence-electron chi connectivity index (χ3n) is 5.76. The van der Waals surface area contributed by atoms with Gasteiger partial charge in [-0.3, -0.25) is 4.98 Å². The molecule has 2 atom stereocenters. The maximum atomic E-state index is 14.7. The summed E-state index contributed by atoms with van der Waals surface area (Å²) in [7, 11) is 0. The average molecular weight is 410 g/mol. The summed E-state index contributed by atoms with van der Waals surface area (Å²) in [5, 5.41) is 14.2. The van der Waals surface area contributed by atoms with E-state index in [9.17, 15) is 9.50 Å². The van der Waals surface area contributed by atoms with Crippen molar-refractivity contribution in [3.63, 3.8) is 0 Å². The first-order valence-corrected chi connectivity index (χ1v) is 10.3. The molecule has 1 aliphatic heterocycles. The van der Waals surface area contributed by atoms with Crippen molar-refractivity contribution in [2.45, 2.75) is 52.2 Å². The summed E-state index contributed by atoms with van der Waals surface area (Å²) in [6.07, 6.45) is 1.15. The van der Waals surface area contributed by atoms with Crippen molar-refractivity contribution in [3.05, 3.63) is 47.0 Å². The predicted octanol–water partition coefficient (Wildman–Crippen LogP) is 4.13. The van der Waals surface area contributed by atoms with Gasteiger partial charge in [-0.2, -0.15) is 0 Å².